The molecule has 0 fully saturated rings. The smallest absolute Gasteiger partial charge is 0.275 e. The minimum Gasteiger partial charge on any atom is -0.368 e. The van der Waals surface area contributed by atoms with Crippen LogP contribution in [0.2, 0.25) is 0 Å². The molecular formula is C16H20BrN5O. The van der Waals surface area contributed by atoms with Crippen LogP contribution in [-0.4, -0.2) is 48.0 Å². The minimum absolute atomic E-state index is 0.278. The van der Waals surface area contributed by atoms with Crippen molar-refractivity contribution in [2.45, 2.75) is 6.92 Å². The molecule has 0 aliphatic rings. The fourth-order valence-corrected chi connectivity index (χ4v) is 2.19. The Bertz CT molecular complexity index is 673. The van der Waals surface area contributed by atoms with Gasteiger partial charge in [-0.2, -0.15) is 0 Å². The van der Waals surface area contributed by atoms with Gasteiger partial charge < -0.3 is 15.5 Å². The Labute approximate surface area is 144 Å². The van der Waals surface area contributed by atoms with Gasteiger partial charge in [0.15, 0.2) is 0 Å². The van der Waals surface area contributed by atoms with Crippen molar-refractivity contribution >= 4 is 33.3 Å². The Morgan fingerprint density at radius 2 is 2.04 bits per heavy atom. The van der Waals surface area contributed by atoms with Gasteiger partial charge in [0.2, 0.25) is 0 Å². The maximum Gasteiger partial charge on any atom is 0.275 e. The van der Waals surface area contributed by atoms with Gasteiger partial charge in [-0.15, -0.1) is 0 Å². The number of carbonyl (C=O) groups is 1. The number of carbonyl (C=O) groups excluding carboxylic acids is 1. The van der Waals surface area contributed by atoms with E-state index in [4.69, 9.17) is 0 Å². The molecule has 0 unspecified atom stereocenters. The van der Waals surface area contributed by atoms with E-state index in [1.54, 1.807) is 6.20 Å². The van der Waals surface area contributed by atoms with E-state index in [2.05, 4.69) is 41.4 Å². The highest BCUT2D eigenvalue weighted by Gasteiger charge is 2.09. The summed E-state index contributed by atoms with van der Waals surface area (Å²) in [5.74, 6) is 0.370. The summed E-state index contributed by atoms with van der Waals surface area (Å²) < 4.78 is 0.946. The zero-order chi connectivity index (χ0) is 16.8. The maximum absolute atomic E-state index is 12.2. The lowest BCUT2D eigenvalue weighted by molar-refractivity contribution is 0.102. The first kappa shape index (κ1) is 17.4. The lowest BCUT2D eigenvalue weighted by Gasteiger charge is -2.10. The van der Waals surface area contributed by atoms with Crippen LogP contribution in [0, 0.1) is 6.92 Å². The standard InChI is InChI=1S/C16H20BrN5O/c1-11-4-5-12(8-13(11)17)21-16(23)14-9-20-15(10-19-14)18-6-7-22(2)3/h4-5,8-10H,6-7H2,1-3H3,(H,18,20)(H,21,23). The molecule has 1 amide bonds. The number of anilines is 2. The number of benzene rings is 1. The molecule has 0 saturated heterocycles. The zero-order valence-electron chi connectivity index (χ0n) is 13.4. The number of amides is 1. The van der Waals surface area contributed by atoms with Gasteiger partial charge in [0.1, 0.15) is 11.5 Å². The highest BCUT2D eigenvalue weighted by molar-refractivity contribution is 9.10. The number of rotatable bonds is 6. The van der Waals surface area contributed by atoms with Crippen LogP contribution >= 0.6 is 15.9 Å². The summed E-state index contributed by atoms with van der Waals surface area (Å²) in [6.07, 6.45) is 3.03. The van der Waals surface area contributed by atoms with Crippen molar-refractivity contribution in [3.8, 4) is 0 Å². The van der Waals surface area contributed by atoms with Crippen LogP contribution in [0.4, 0.5) is 11.5 Å². The number of hydrogen-bond donors (Lipinski definition) is 2. The molecule has 1 aromatic heterocycles. The van der Waals surface area contributed by atoms with E-state index in [-0.39, 0.29) is 11.6 Å². The Morgan fingerprint density at radius 1 is 1.26 bits per heavy atom. The van der Waals surface area contributed by atoms with Crippen molar-refractivity contribution in [2.75, 3.05) is 37.8 Å². The second-order valence-electron chi connectivity index (χ2n) is 5.44. The van der Waals surface area contributed by atoms with Crippen molar-refractivity contribution in [1.82, 2.24) is 14.9 Å². The van der Waals surface area contributed by atoms with E-state index in [0.29, 0.717) is 11.5 Å². The normalized spacial score (nSPS) is 10.7. The molecule has 1 heterocycles. The average molecular weight is 378 g/mol. The summed E-state index contributed by atoms with van der Waals surface area (Å²) in [4.78, 5) is 22.6. The van der Waals surface area contributed by atoms with E-state index >= 15 is 0 Å². The summed E-state index contributed by atoms with van der Waals surface area (Å²) in [5, 5.41) is 5.96. The van der Waals surface area contributed by atoms with Gasteiger partial charge in [-0.1, -0.05) is 22.0 Å². The lowest BCUT2D eigenvalue weighted by atomic mass is 10.2. The molecule has 2 N–H and O–H groups in total. The van der Waals surface area contributed by atoms with Gasteiger partial charge in [-0.3, -0.25) is 4.79 Å². The zero-order valence-corrected chi connectivity index (χ0v) is 15.0. The molecule has 23 heavy (non-hydrogen) atoms. The lowest BCUT2D eigenvalue weighted by Crippen LogP contribution is -2.21. The quantitative estimate of drug-likeness (QED) is 0.809. The number of nitrogens with one attached hydrogen (secondary N) is 2. The second kappa shape index (κ2) is 8.03. The first-order valence-corrected chi connectivity index (χ1v) is 8.03. The third kappa shape index (κ3) is 5.30. The molecule has 122 valence electrons. The highest BCUT2D eigenvalue weighted by atomic mass is 79.9. The molecule has 0 bridgehead atoms. The fourth-order valence-electron chi connectivity index (χ4n) is 1.81. The van der Waals surface area contributed by atoms with Crippen molar-refractivity contribution < 1.29 is 4.79 Å². The van der Waals surface area contributed by atoms with Crippen molar-refractivity contribution in [2.24, 2.45) is 0 Å². The van der Waals surface area contributed by atoms with Crippen molar-refractivity contribution in [3.63, 3.8) is 0 Å². The second-order valence-corrected chi connectivity index (χ2v) is 6.29. The summed E-state index contributed by atoms with van der Waals surface area (Å²) in [5.41, 5.74) is 2.10. The average Bonchev–Trinajstić information content (AvgIpc) is 2.51. The molecule has 0 spiro atoms. The molecular weight excluding hydrogens is 358 g/mol. The first-order valence-electron chi connectivity index (χ1n) is 7.24. The molecule has 0 atom stereocenters. The summed E-state index contributed by atoms with van der Waals surface area (Å²) in [7, 11) is 4.01. The summed E-state index contributed by atoms with van der Waals surface area (Å²) in [6, 6.07) is 5.64. The number of nitrogens with zero attached hydrogens (tertiary/aromatic N) is 3. The highest BCUT2D eigenvalue weighted by Crippen LogP contribution is 2.20. The van der Waals surface area contributed by atoms with Gasteiger partial charge in [0, 0.05) is 23.2 Å². The first-order chi connectivity index (χ1) is 11.0. The van der Waals surface area contributed by atoms with E-state index in [1.165, 1.54) is 6.20 Å². The molecule has 0 radical (unpaired) electrons. The Hall–Kier alpha value is -1.99. The number of likely N-dealkylation sites (N-methyl/N-ethyl adjacent to an activating group) is 1. The van der Waals surface area contributed by atoms with Gasteiger partial charge >= 0.3 is 0 Å². The Balaban J connectivity index is 1.95. The van der Waals surface area contributed by atoms with Crippen LogP contribution < -0.4 is 10.6 Å². The number of hydrogen-bond acceptors (Lipinski definition) is 5. The molecule has 1 aromatic carbocycles. The third-order valence-electron chi connectivity index (χ3n) is 3.18. The summed E-state index contributed by atoms with van der Waals surface area (Å²) in [6.45, 7) is 3.65. The van der Waals surface area contributed by atoms with Crippen molar-refractivity contribution in [3.05, 3.63) is 46.3 Å². The van der Waals surface area contributed by atoms with Crippen LogP contribution in [0.1, 0.15) is 16.1 Å². The molecule has 0 aliphatic heterocycles. The predicted molar refractivity (Wildman–Crippen MR) is 95.9 cm³/mol. The third-order valence-corrected chi connectivity index (χ3v) is 4.03. The SMILES string of the molecule is Cc1ccc(NC(=O)c2cnc(NCCN(C)C)cn2)cc1Br. The summed E-state index contributed by atoms with van der Waals surface area (Å²) >= 11 is 3.44. The minimum atomic E-state index is -0.284. The molecule has 6 nitrogen and oxygen atoms in total. The number of aromatic nitrogens is 2. The Morgan fingerprint density at radius 3 is 2.65 bits per heavy atom. The van der Waals surface area contributed by atoms with Gasteiger partial charge in [-0.25, -0.2) is 9.97 Å². The Kier molecular flexibility index (Phi) is 6.06. The molecule has 0 aliphatic carbocycles. The monoisotopic (exact) mass is 377 g/mol. The van der Waals surface area contributed by atoms with Crippen LogP contribution in [-0.2, 0) is 0 Å². The van der Waals surface area contributed by atoms with Gasteiger partial charge in [-0.05, 0) is 38.7 Å². The number of halogens is 1. The molecule has 2 aromatic rings. The largest absolute Gasteiger partial charge is 0.368 e. The van der Waals surface area contributed by atoms with Gasteiger partial charge in [0.25, 0.3) is 5.91 Å². The van der Waals surface area contributed by atoms with E-state index in [1.807, 2.05) is 39.2 Å². The molecule has 2 rings (SSSR count). The topological polar surface area (TPSA) is 70.2 Å². The van der Waals surface area contributed by atoms with E-state index in [9.17, 15) is 4.79 Å². The molecule has 0 saturated carbocycles. The van der Waals surface area contributed by atoms with Crippen LogP contribution in [0.3, 0.4) is 0 Å². The van der Waals surface area contributed by atoms with Crippen molar-refractivity contribution in [1.29, 1.82) is 0 Å². The number of aryl methyl sites for hydroxylation is 1. The van der Waals surface area contributed by atoms with E-state index in [0.717, 1.165) is 23.1 Å². The van der Waals surface area contributed by atoms with Crippen LogP contribution in [0.5, 0.6) is 0 Å². The van der Waals surface area contributed by atoms with Crippen LogP contribution in [0.15, 0.2) is 35.1 Å². The van der Waals surface area contributed by atoms with Gasteiger partial charge in [0.05, 0.1) is 12.4 Å². The molecule has 7 heteroatoms. The fraction of sp³-hybridized carbons (Fsp3) is 0.312. The van der Waals surface area contributed by atoms with Crippen LogP contribution in [0.25, 0.3) is 0 Å². The predicted octanol–water partition coefficient (Wildman–Crippen LogP) is 2.77. The maximum atomic E-state index is 12.2. The van der Waals surface area contributed by atoms with E-state index < -0.39 is 0 Å².